The van der Waals surface area contributed by atoms with E-state index in [2.05, 4.69) is 4.74 Å². The molecule has 1 nitrogen and oxygen atoms in total. The fourth-order valence-electron chi connectivity index (χ4n) is 1.88. The number of benzene rings is 1. The highest BCUT2D eigenvalue weighted by atomic mass is 35.5. The highest BCUT2D eigenvalue weighted by molar-refractivity contribution is 6.22. The van der Waals surface area contributed by atoms with E-state index in [0.29, 0.717) is 5.56 Å². The molecule has 1 unspecified atom stereocenters. The number of hydrogen-bond acceptors (Lipinski definition) is 1. The van der Waals surface area contributed by atoms with E-state index in [1.165, 1.54) is 18.2 Å². The Morgan fingerprint density at radius 2 is 2.00 bits per heavy atom. The van der Waals surface area contributed by atoms with E-state index in [1.54, 1.807) is 6.07 Å². The lowest BCUT2D eigenvalue weighted by atomic mass is 9.99. The average Bonchev–Trinajstić information content (AvgIpc) is 2.37. The van der Waals surface area contributed by atoms with Crippen LogP contribution in [0.5, 0.6) is 5.75 Å². The van der Waals surface area contributed by atoms with Crippen LogP contribution in [-0.4, -0.2) is 6.36 Å². The summed E-state index contributed by atoms with van der Waals surface area (Å²) in [5, 5.41) is -0.465. The standard InChI is InChI=1S/C14H12ClF3O/c15-13(10-5-2-1-3-6-10)11-7-4-8-12(9-11)19-14(16,17)18/h2,4-9,13H,1,3H2. The second-order valence-corrected chi connectivity index (χ2v) is 4.60. The number of alkyl halides is 4. The van der Waals surface area contributed by atoms with E-state index >= 15 is 0 Å². The van der Waals surface area contributed by atoms with Gasteiger partial charge in [0.25, 0.3) is 0 Å². The van der Waals surface area contributed by atoms with Crippen molar-refractivity contribution in [3.8, 4) is 5.75 Å². The predicted molar refractivity (Wildman–Crippen MR) is 68.2 cm³/mol. The van der Waals surface area contributed by atoms with Gasteiger partial charge in [-0.2, -0.15) is 0 Å². The van der Waals surface area contributed by atoms with Crippen molar-refractivity contribution in [2.24, 2.45) is 0 Å². The highest BCUT2D eigenvalue weighted by Gasteiger charge is 2.31. The van der Waals surface area contributed by atoms with Crippen LogP contribution in [0.1, 0.15) is 23.8 Å². The number of hydrogen-bond donors (Lipinski definition) is 0. The Balaban J connectivity index is 2.18. The summed E-state index contributed by atoms with van der Waals surface area (Å²) in [5.41, 5.74) is 1.48. The lowest BCUT2D eigenvalue weighted by Crippen LogP contribution is -2.17. The van der Waals surface area contributed by atoms with Crippen LogP contribution in [0.15, 0.2) is 48.1 Å². The summed E-state index contributed by atoms with van der Waals surface area (Å²) in [6.45, 7) is 0. The van der Waals surface area contributed by atoms with Crippen LogP contribution in [-0.2, 0) is 0 Å². The molecule has 0 fully saturated rings. The third-order valence-electron chi connectivity index (χ3n) is 2.70. The molecule has 0 bridgehead atoms. The van der Waals surface area contributed by atoms with Crippen molar-refractivity contribution in [2.75, 3.05) is 0 Å². The third kappa shape index (κ3) is 4.03. The summed E-state index contributed by atoms with van der Waals surface area (Å²) in [7, 11) is 0. The van der Waals surface area contributed by atoms with Gasteiger partial charge in [-0.1, -0.05) is 30.4 Å². The molecule has 1 aromatic carbocycles. The SMILES string of the molecule is FC(F)(F)Oc1cccc(C(Cl)C2=CCCC=C2)c1. The lowest BCUT2D eigenvalue weighted by molar-refractivity contribution is -0.274. The van der Waals surface area contributed by atoms with Gasteiger partial charge in [0.1, 0.15) is 5.75 Å². The van der Waals surface area contributed by atoms with Crippen molar-refractivity contribution in [1.82, 2.24) is 0 Å². The van der Waals surface area contributed by atoms with Gasteiger partial charge in [0.05, 0.1) is 5.38 Å². The minimum Gasteiger partial charge on any atom is -0.406 e. The molecule has 1 aliphatic rings. The van der Waals surface area contributed by atoms with Crippen molar-refractivity contribution >= 4 is 11.6 Å². The molecule has 0 spiro atoms. The zero-order valence-corrected chi connectivity index (χ0v) is 10.7. The van der Waals surface area contributed by atoms with E-state index in [-0.39, 0.29) is 5.75 Å². The minimum atomic E-state index is -4.69. The molecule has 102 valence electrons. The summed E-state index contributed by atoms with van der Waals surface area (Å²) in [5.74, 6) is -0.254. The average molecular weight is 289 g/mol. The van der Waals surface area contributed by atoms with Gasteiger partial charge in [-0.3, -0.25) is 0 Å². The van der Waals surface area contributed by atoms with Gasteiger partial charge in [-0.15, -0.1) is 24.8 Å². The van der Waals surface area contributed by atoms with Gasteiger partial charge >= 0.3 is 6.36 Å². The summed E-state index contributed by atoms with van der Waals surface area (Å²) in [4.78, 5) is 0. The molecule has 0 saturated carbocycles. The number of rotatable bonds is 3. The quantitative estimate of drug-likeness (QED) is 0.700. The molecule has 5 heteroatoms. The molecule has 0 heterocycles. The van der Waals surface area contributed by atoms with Crippen LogP contribution in [0.4, 0.5) is 13.2 Å². The second kappa shape index (κ2) is 5.70. The van der Waals surface area contributed by atoms with Gasteiger partial charge < -0.3 is 4.74 Å². The van der Waals surface area contributed by atoms with E-state index in [0.717, 1.165) is 18.4 Å². The largest absolute Gasteiger partial charge is 0.573 e. The number of ether oxygens (including phenoxy) is 1. The first-order valence-corrected chi connectivity index (χ1v) is 6.26. The molecule has 1 aromatic rings. The summed E-state index contributed by atoms with van der Waals surface area (Å²) in [6.07, 6.45) is 3.07. The molecular formula is C14H12ClF3O. The van der Waals surface area contributed by atoms with Crippen LogP contribution < -0.4 is 4.74 Å². The summed E-state index contributed by atoms with van der Waals surface area (Å²) < 4.78 is 40.3. The Labute approximate surface area is 114 Å². The van der Waals surface area contributed by atoms with Gasteiger partial charge in [0.2, 0.25) is 0 Å². The molecule has 1 atom stereocenters. The normalized spacial score (nSPS) is 16.9. The van der Waals surface area contributed by atoms with E-state index in [4.69, 9.17) is 11.6 Å². The highest BCUT2D eigenvalue weighted by Crippen LogP contribution is 2.34. The van der Waals surface area contributed by atoms with Crippen molar-refractivity contribution < 1.29 is 17.9 Å². The molecule has 0 aliphatic heterocycles. The Morgan fingerprint density at radius 1 is 1.21 bits per heavy atom. The summed E-state index contributed by atoms with van der Waals surface area (Å²) in [6, 6.07) is 5.75. The molecule has 0 amide bonds. The second-order valence-electron chi connectivity index (χ2n) is 4.17. The topological polar surface area (TPSA) is 9.23 Å². The first-order chi connectivity index (χ1) is 8.96. The predicted octanol–water partition coefficient (Wildman–Crippen LogP) is 5.14. The fourth-order valence-corrected chi connectivity index (χ4v) is 2.18. The van der Waals surface area contributed by atoms with Gasteiger partial charge in [0, 0.05) is 0 Å². The Hall–Kier alpha value is -1.42. The van der Waals surface area contributed by atoms with E-state index in [1.807, 2.05) is 18.2 Å². The molecule has 2 rings (SSSR count). The molecular weight excluding hydrogens is 277 g/mol. The molecule has 19 heavy (non-hydrogen) atoms. The zero-order valence-electron chi connectivity index (χ0n) is 9.95. The maximum atomic E-state index is 12.2. The molecule has 0 N–H and O–H groups in total. The molecule has 1 aliphatic carbocycles. The lowest BCUT2D eigenvalue weighted by Gasteiger charge is -2.15. The Kier molecular flexibility index (Phi) is 4.20. The zero-order chi connectivity index (χ0) is 13.9. The molecule has 0 aromatic heterocycles. The fraction of sp³-hybridized carbons (Fsp3) is 0.286. The maximum absolute atomic E-state index is 12.2. The number of halogens is 4. The minimum absolute atomic E-state index is 0.254. The van der Waals surface area contributed by atoms with E-state index < -0.39 is 11.7 Å². The van der Waals surface area contributed by atoms with Gasteiger partial charge in [-0.05, 0) is 36.1 Å². The van der Waals surface area contributed by atoms with Crippen molar-refractivity contribution in [1.29, 1.82) is 0 Å². The van der Waals surface area contributed by atoms with E-state index in [9.17, 15) is 13.2 Å². The smallest absolute Gasteiger partial charge is 0.406 e. The summed E-state index contributed by atoms with van der Waals surface area (Å²) >= 11 is 6.27. The Bertz CT molecular complexity index is 506. The first kappa shape index (κ1) is 14.0. The van der Waals surface area contributed by atoms with Crippen molar-refractivity contribution in [3.05, 3.63) is 53.6 Å². The maximum Gasteiger partial charge on any atom is 0.573 e. The van der Waals surface area contributed by atoms with Crippen molar-refractivity contribution in [3.63, 3.8) is 0 Å². The molecule has 0 saturated heterocycles. The monoisotopic (exact) mass is 288 g/mol. The molecule has 0 radical (unpaired) electrons. The van der Waals surface area contributed by atoms with Crippen molar-refractivity contribution in [2.45, 2.75) is 24.6 Å². The van der Waals surface area contributed by atoms with Gasteiger partial charge in [0.15, 0.2) is 0 Å². The van der Waals surface area contributed by atoms with Crippen LogP contribution in [0.25, 0.3) is 0 Å². The van der Waals surface area contributed by atoms with Gasteiger partial charge in [-0.25, -0.2) is 0 Å². The third-order valence-corrected chi connectivity index (χ3v) is 3.20. The van der Waals surface area contributed by atoms with Crippen LogP contribution >= 0.6 is 11.6 Å². The van der Waals surface area contributed by atoms with Crippen LogP contribution in [0.2, 0.25) is 0 Å². The number of allylic oxidation sites excluding steroid dienone is 4. The van der Waals surface area contributed by atoms with Crippen LogP contribution in [0, 0.1) is 0 Å². The van der Waals surface area contributed by atoms with Crippen LogP contribution in [0.3, 0.4) is 0 Å². The Morgan fingerprint density at radius 3 is 2.63 bits per heavy atom. The first-order valence-electron chi connectivity index (χ1n) is 5.82.